The van der Waals surface area contributed by atoms with Crippen molar-refractivity contribution in [2.45, 2.75) is 37.8 Å². The number of sulfonamides is 1. The summed E-state index contributed by atoms with van der Waals surface area (Å²) in [4.78, 5) is 29.9. The fraction of sp³-hybridized carbons (Fsp3) is 0.350. The molecule has 1 aromatic heterocycles. The van der Waals surface area contributed by atoms with Crippen molar-refractivity contribution < 1.29 is 18.0 Å². The summed E-state index contributed by atoms with van der Waals surface area (Å²) in [7, 11) is -2.47. The fourth-order valence-corrected chi connectivity index (χ4v) is 4.64. The van der Waals surface area contributed by atoms with Crippen molar-refractivity contribution in [2.24, 2.45) is 0 Å². The van der Waals surface area contributed by atoms with E-state index < -0.39 is 15.9 Å². The summed E-state index contributed by atoms with van der Waals surface area (Å²) < 4.78 is 26.8. The normalized spacial score (nSPS) is 16.0. The first-order valence-electron chi connectivity index (χ1n) is 9.26. The van der Waals surface area contributed by atoms with Gasteiger partial charge in [0.1, 0.15) is 0 Å². The van der Waals surface area contributed by atoms with Gasteiger partial charge in [-0.15, -0.1) is 0 Å². The largest absolute Gasteiger partial charge is 0.349 e. The third kappa shape index (κ3) is 4.46. The molecule has 2 amide bonds. The maximum Gasteiger partial charge on any atom is 0.243 e. The summed E-state index contributed by atoms with van der Waals surface area (Å²) in [6.45, 7) is 3.34. The van der Waals surface area contributed by atoms with E-state index in [2.05, 4.69) is 10.3 Å². The molecule has 2 heterocycles. The summed E-state index contributed by atoms with van der Waals surface area (Å²) in [5.74, 6) is -0.493. The van der Waals surface area contributed by atoms with Crippen LogP contribution in [0.25, 0.3) is 0 Å². The summed E-state index contributed by atoms with van der Waals surface area (Å²) >= 11 is 0. The second kappa shape index (κ2) is 8.30. The Labute approximate surface area is 170 Å². The summed E-state index contributed by atoms with van der Waals surface area (Å²) in [5.41, 5.74) is 2.23. The fourth-order valence-electron chi connectivity index (χ4n) is 3.46. The zero-order valence-electron chi connectivity index (χ0n) is 16.6. The molecule has 1 aliphatic heterocycles. The van der Waals surface area contributed by atoms with Crippen molar-refractivity contribution in [3.8, 4) is 0 Å². The van der Waals surface area contributed by atoms with Crippen LogP contribution in [0.3, 0.4) is 0 Å². The van der Waals surface area contributed by atoms with Gasteiger partial charge >= 0.3 is 0 Å². The van der Waals surface area contributed by atoms with E-state index >= 15 is 0 Å². The average molecular weight is 417 g/mol. The highest BCUT2D eigenvalue weighted by Gasteiger charge is 2.31. The highest BCUT2D eigenvalue weighted by molar-refractivity contribution is 7.89. The lowest BCUT2D eigenvalue weighted by atomic mass is 10.1. The van der Waals surface area contributed by atoms with Crippen molar-refractivity contribution >= 4 is 27.5 Å². The summed E-state index contributed by atoms with van der Waals surface area (Å²) in [5, 5.41) is 2.67. The van der Waals surface area contributed by atoms with Crippen LogP contribution in [0.4, 0.5) is 5.69 Å². The predicted octanol–water partition coefficient (Wildman–Crippen LogP) is 1.32. The lowest BCUT2D eigenvalue weighted by molar-refractivity contribution is -0.121. The Morgan fingerprint density at radius 2 is 2.03 bits per heavy atom. The minimum Gasteiger partial charge on any atom is -0.349 e. The van der Waals surface area contributed by atoms with E-state index in [0.29, 0.717) is 12.1 Å². The van der Waals surface area contributed by atoms with Crippen molar-refractivity contribution in [2.75, 3.05) is 18.5 Å². The number of carbonyl (C=O) groups is 2. The van der Waals surface area contributed by atoms with Crippen LogP contribution in [0.5, 0.6) is 0 Å². The number of rotatable bonds is 6. The molecule has 1 aliphatic rings. The Morgan fingerprint density at radius 3 is 2.69 bits per heavy atom. The SMILES string of the molecule is CC(=O)N1c2ccc(S(=O)(=O)N(C)CC(=O)NCc3ccccn3)cc2CC1C. The number of anilines is 1. The van der Waals surface area contributed by atoms with E-state index in [1.807, 2.05) is 13.0 Å². The van der Waals surface area contributed by atoms with Crippen molar-refractivity contribution in [3.05, 3.63) is 53.9 Å². The van der Waals surface area contributed by atoms with Gasteiger partial charge in [-0.3, -0.25) is 14.6 Å². The summed E-state index contributed by atoms with van der Waals surface area (Å²) in [6.07, 6.45) is 2.21. The Kier molecular flexibility index (Phi) is 5.99. The zero-order valence-corrected chi connectivity index (χ0v) is 17.4. The number of likely N-dealkylation sites (N-methyl/N-ethyl adjacent to an activating group) is 1. The molecule has 0 saturated carbocycles. The van der Waals surface area contributed by atoms with Gasteiger partial charge in [-0.05, 0) is 49.2 Å². The van der Waals surface area contributed by atoms with Crippen molar-refractivity contribution in [1.82, 2.24) is 14.6 Å². The second-order valence-electron chi connectivity index (χ2n) is 7.09. The first-order valence-corrected chi connectivity index (χ1v) is 10.7. The Hall–Kier alpha value is -2.78. The molecule has 1 unspecified atom stereocenters. The average Bonchev–Trinajstić information content (AvgIpc) is 3.02. The molecule has 8 nitrogen and oxygen atoms in total. The van der Waals surface area contributed by atoms with Crippen LogP contribution in [0.2, 0.25) is 0 Å². The monoisotopic (exact) mass is 416 g/mol. The quantitative estimate of drug-likeness (QED) is 0.766. The first-order chi connectivity index (χ1) is 13.7. The zero-order chi connectivity index (χ0) is 21.2. The van der Waals surface area contributed by atoms with Gasteiger partial charge < -0.3 is 10.2 Å². The van der Waals surface area contributed by atoms with Gasteiger partial charge in [-0.2, -0.15) is 4.31 Å². The third-order valence-electron chi connectivity index (χ3n) is 4.87. The molecule has 1 N–H and O–H groups in total. The van der Waals surface area contributed by atoms with E-state index in [1.165, 1.54) is 20.0 Å². The smallest absolute Gasteiger partial charge is 0.243 e. The topological polar surface area (TPSA) is 99.7 Å². The first kappa shape index (κ1) is 20.9. The molecule has 0 saturated heterocycles. The van der Waals surface area contributed by atoms with Gasteiger partial charge in [0.05, 0.1) is 23.7 Å². The van der Waals surface area contributed by atoms with Crippen LogP contribution in [0.1, 0.15) is 25.1 Å². The number of aromatic nitrogens is 1. The van der Waals surface area contributed by atoms with Crippen LogP contribution in [-0.2, 0) is 32.6 Å². The number of pyridine rings is 1. The van der Waals surface area contributed by atoms with Crippen LogP contribution in [-0.4, -0.2) is 49.2 Å². The van der Waals surface area contributed by atoms with Crippen LogP contribution in [0, 0.1) is 0 Å². The molecule has 0 aliphatic carbocycles. The molecule has 154 valence electrons. The molecule has 1 atom stereocenters. The Balaban J connectivity index is 1.69. The highest BCUT2D eigenvalue weighted by Crippen LogP contribution is 2.34. The maximum absolute atomic E-state index is 12.9. The van der Waals surface area contributed by atoms with Gasteiger partial charge in [0.15, 0.2) is 0 Å². The standard InChI is InChI=1S/C20H24N4O4S/c1-14-10-16-11-18(7-8-19(16)24(14)15(2)25)29(27,28)23(3)13-20(26)22-12-17-6-4-5-9-21-17/h4-9,11,14H,10,12-13H2,1-3H3,(H,22,26). The molecule has 29 heavy (non-hydrogen) atoms. The van der Waals surface area contributed by atoms with E-state index in [4.69, 9.17) is 0 Å². The minimum atomic E-state index is -3.84. The number of nitrogens with one attached hydrogen (secondary N) is 1. The minimum absolute atomic E-state index is 0.0180. The second-order valence-corrected chi connectivity index (χ2v) is 9.14. The maximum atomic E-state index is 12.9. The molecule has 0 fully saturated rings. The Morgan fingerprint density at radius 1 is 1.28 bits per heavy atom. The third-order valence-corrected chi connectivity index (χ3v) is 6.67. The lowest BCUT2D eigenvalue weighted by Crippen LogP contribution is -2.38. The molecule has 9 heteroatoms. The predicted molar refractivity (Wildman–Crippen MR) is 109 cm³/mol. The number of hydrogen-bond donors (Lipinski definition) is 1. The van der Waals surface area contributed by atoms with Gasteiger partial charge in [0, 0.05) is 31.9 Å². The number of carbonyl (C=O) groups excluding carboxylic acids is 2. The number of nitrogens with zero attached hydrogens (tertiary/aromatic N) is 3. The van der Waals surface area contributed by atoms with E-state index in [0.717, 1.165) is 15.6 Å². The molecule has 2 aromatic rings. The molecule has 0 spiro atoms. The van der Waals surface area contributed by atoms with E-state index in [-0.39, 0.29) is 29.9 Å². The summed E-state index contributed by atoms with van der Waals surface area (Å²) in [6, 6.07) is 10.1. The van der Waals surface area contributed by atoms with Crippen LogP contribution < -0.4 is 10.2 Å². The van der Waals surface area contributed by atoms with Gasteiger partial charge in [-0.1, -0.05) is 6.07 Å². The molecule has 0 radical (unpaired) electrons. The molecule has 3 rings (SSSR count). The molecular formula is C20H24N4O4S. The number of benzene rings is 1. The molecular weight excluding hydrogens is 392 g/mol. The lowest BCUT2D eigenvalue weighted by Gasteiger charge is -2.21. The van der Waals surface area contributed by atoms with Gasteiger partial charge in [0.2, 0.25) is 21.8 Å². The van der Waals surface area contributed by atoms with E-state index in [9.17, 15) is 18.0 Å². The number of amides is 2. The highest BCUT2D eigenvalue weighted by atomic mass is 32.2. The van der Waals surface area contributed by atoms with Crippen LogP contribution >= 0.6 is 0 Å². The number of fused-ring (bicyclic) bond motifs is 1. The van der Waals surface area contributed by atoms with Gasteiger partial charge in [-0.25, -0.2) is 8.42 Å². The van der Waals surface area contributed by atoms with E-state index in [1.54, 1.807) is 35.4 Å². The van der Waals surface area contributed by atoms with Gasteiger partial charge in [0.25, 0.3) is 0 Å². The van der Waals surface area contributed by atoms with Crippen molar-refractivity contribution in [3.63, 3.8) is 0 Å². The Bertz CT molecular complexity index is 1020. The molecule has 1 aromatic carbocycles. The van der Waals surface area contributed by atoms with Crippen LogP contribution in [0.15, 0.2) is 47.5 Å². The molecule has 0 bridgehead atoms. The van der Waals surface area contributed by atoms with Crippen molar-refractivity contribution in [1.29, 1.82) is 0 Å². The number of hydrogen-bond acceptors (Lipinski definition) is 5.